The van der Waals surface area contributed by atoms with E-state index in [9.17, 15) is 10.1 Å². The van der Waals surface area contributed by atoms with Crippen molar-refractivity contribution < 1.29 is 4.92 Å². The molecule has 98 valence electrons. The van der Waals surface area contributed by atoms with E-state index in [0.29, 0.717) is 11.4 Å². The van der Waals surface area contributed by atoms with Gasteiger partial charge < -0.3 is 11.1 Å². The van der Waals surface area contributed by atoms with Crippen LogP contribution in [0, 0.1) is 17.0 Å². The van der Waals surface area contributed by atoms with Crippen LogP contribution in [-0.2, 0) is 0 Å². The number of nitrogens with two attached hydrogens (primary N) is 1. The van der Waals surface area contributed by atoms with E-state index in [-0.39, 0.29) is 5.69 Å². The van der Waals surface area contributed by atoms with E-state index < -0.39 is 4.92 Å². The topological polar surface area (TPSA) is 81.2 Å². The standard InChI is InChI=1S/C13H12BrN3O2/c1-8-2-3-9(14)6-13(8)16-12-5-4-10(17(18)19)7-11(12)15/h2-7,16H,15H2,1H3. The Morgan fingerprint density at radius 2 is 1.95 bits per heavy atom. The van der Waals surface area contributed by atoms with Gasteiger partial charge in [-0.2, -0.15) is 0 Å². The summed E-state index contributed by atoms with van der Waals surface area (Å²) in [5.41, 5.74) is 8.74. The summed E-state index contributed by atoms with van der Waals surface area (Å²) in [6.45, 7) is 1.97. The summed E-state index contributed by atoms with van der Waals surface area (Å²) in [4.78, 5) is 10.2. The number of anilines is 3. The Morgan fingerprint density at radius 1 is 1.21 bits per heavy atom. The monoisotopic (exact) mass is 321 g/mol. The Kier molecular flexibility index (Phi) is 3.71. The van der Waals surface area contributed by atoms with Crippen LogP contribution in [0.3, 0.4) is 0 Å². The fourth-order valence-electron chi connectivity index (χ4n) is 1.65. The summed E-state index contributed by atoms with van der Waals surface area (Å²) >= 11 is 3.40. The maximum atomic E-state index is 10.6. The average Bonchev–Trinajstić information content (AvgIpc) is 2.36. The molecule has 0 unspecified atom stereocenters. The summed E-state index contributed by atoms with van der Waals surface area (Å²) in [7, 11) is 0. The molecule has 0 aliphatic heterocycles. The first kappa shape index (κ1) is 13.4. The molecule has 2 aromatic carbocycles. The number of nitro groups is 1. The quantitative estimate of drug-likeness (QED) is 0.508. The second-order valence-electron chi connectivity index (χ2n) is 4.11. The van der Waals surface area contributed by atoms with Gasteiger partial charge in [-0.25, -0.2) is 0 Å². The minimum absolute atomic E-state index is 0.0194. The van der Waals surface area contributed by atoms with Crippen molar-refractivity contribution in [3.05, 3.63) is 56.5 Å². The molecule has 19 heavy (non-hydrogen) atoms. The molecule has 0 saturated heterocycles. The number of benzene rings is 2. The zero-order valence-electron chi connectivity index (χ0n) is 10.2. The van der Waals surface area contributed by atoms with Crippen LogP contribution < -0.4 is 11.1 Å². The van der Waals surface area contributed by atoms with Crippen LogP contribution in [0.25, 0.3) is 0 Å². The molecule has 0 radical (unpaired) electrons. The van der Waals surface area contributed by atoms with E-state index in [1.54, 1.807) is 6.07 Å². The highest BCUT2D eigenvalue weighted by Gasteiger charge is 2.09. The molecule has 0 fully saturated rings. The molecule has 2 aromatic rings. The van der Waals surface area contributed by atoms with Gasteiger partial charge in [0.1, 0.15) is 0 Å². The van der Waals surface area contributed by atoms with Gasteiger partial charge >= 0.3 is 0 Å². The summed E-state index contributed by atoms with van der Waals surface area (Å²) in [6.07, 6.45) is 0. The van der Waals surface area contributed by atoms with Crippen molar-refractivity contribution in [2.75, 3.05) is 11.1 Å². The number of aryl methyl sites for hydroxylation is 1. The van der Waals surface area contributed by atoms with Gasteiger partial charge in [-0.15, -0.1) is 0 Å². The summed E-state index contributed by atoms with van der Waals surface area (Å²) < 4.78 is 0.945. The molecule has 5 nitrogen and oxygen atoms in total. The molecule has 0 spiro atoms. The minimum Gasteiger partial charge on any atom is -0.397 e. The van der Waals surface area contributed by atoms with Gasteiger partial charge in [-0.3, -0.25) is 10.1 Å². The Bertz CT molecular complexity index is 644. The van der Waals surface area contributed by atoms with Crippen molar-refractivity contribution in [1.82, 2.24) is 0 Å². The van der Waals surface area contributed by atoms with Crippen molar-refractivity contribution in [1.29, 1.82) is 0 Å². The number of nitrogens with one attached hydrogen (secondary N) is 1. The maximum Gasteiger partial charge on any atom is 0.271 e. The van der Waals surface area contributed by atoms with Crippen LogP contribution >= 0.6 is 15.9 Å². The average molecular weight is 322 g/mol. The van der Waals surface area contributed by atoms with Gasteiger partial charge in [0, 0.05) is 22.3 Å². The first-order valence-corrected chi connectivity index (χ1v) is 6.34. The SMILES string of the molecule is Cc1ccc(Br)cc1Nc1ccc([N+](=O)[O-])cc1N. The molecule has 0 amide bonds. The maximum absolute atomic E-state index is 10.6. The number of hydrogen-bond acceptors (Lipinski definition) is 4. The Labute approximate surface area is 118 Å². The normalized spacial score (nSPS) is 10.2. The van der Waals surface area contributed by atoms with E-state index in [4.69, 9.17) is 5.73 Å². The second-order valence-corrected chi connectivity index (χ2v) is 5.03. The Balaban J connectivity index is 2.33. The van der Waals surface area contributed by atoms with Gasteiger partial charge in [-0.05, 0) is 30.7 Å². The highest BCUT2D eigenvalue weighted by atomic mass is 79.9. The highest BCUT2D eigenvalue weighted by molar-refractivity contribution is 9.10. The molecule has 0 aromatic heterocycles. The lowest BCUT2D eigenvalue weighted by atomic mass is 10.2. The zero-order chi connectivity index (χ0) is 14.0. The highest BCUT2D eigenvalue weighted by Crippen LogP contribution is 2.29. The van der Waals surface area contributed by atoms with Crippen molar-refractivity contribution in [3.63, 3.8) is 0 Å². The Hall–Kier alpha value is -2.08. The largest absolute Gasteiger partial charge is 0.397 e. The molecule has 3 N–H and O–H groups in total. The third-order valence-corrected chi connectivity index (χ3v) is 3.21. The molecule has 0 heterocycles. The van der Waals surface area contributed by atoms with Crippen molar-refractivity contribution in [3.8, 4) is 0 Å². The zero-order valence-corrected chi connectivity index (χ0v) is 11.8. The lowest BCUT2D eigenvalue weighted by Gasteiger charge is -2.12. The third-order valence-electron chi connectivity index (χ3n) is 2.71. The molecule has 0 atom stereocenters. The van der Waals surface area contributed by atoms with Gasteiger partial charge in [0.2, 0.25) is 0 Å². The number of rotatable bonds is 3. The van der Waals surface area contributed by atoms with E-state index >= 15 is 0 Å². The molecule has 6 heteroatoms. The lowest BCUT2D eigenvalue weighted by Crippen LogP contribution is -1.99. The number of nitrogen functional groups attached to an aromatic ring is 1. The van der Waals surface area contributed by atoms with Gasteiger partial charge in [0.15, 0.2) is 0 Å². The first-order valence-electron chi connectivity index (χ1n) is 5.54. The first-order chi connectivity index (χ1) is 8.97. The van der Waals surface area contributed by atoms with Crippen LogP contribution in [0.15, 0.2) is 40.9 Å². The van der Waals surface area contributed by atoms with E-state index in [0.717, 1.165) is 15.7 Å². The predicted molar refractivity (Wildman–Crippen MR) is 79.7 cm³/mol. The van der Waals surface area contributed by atoms with Crippen molar-refractivity contribution in [2.45, 2.75) is 6.92 Å². The molecule has 0 bridgehead atoms. The van der Waals surface area contributed by atoms with Gasteiger partial charge in [0.25, 0.3) is 5.69 Å². The number of non-ortho nitro benzene ring substituents is 1. The van der Waals surface area contributed by atoms with Crippen LogP contribution in [-0.4, -0.2) is 4.92 Å². The fraction of sp³-hybridized carbons (Fsp3) is 0.0769. The molecule has 0 aliphatic rings. The van der Waals surface area contributed by atoms with Crippen LogP contribution in [0.5, 0.6) is 0 Å². The predicted octanol–water partition coefficient (Wildman–Crippen LogP) is 3.99. The second kappa shape index (κ2) is 5.27. The number of halogens is 1. The minimum atomic E-state index is -0.468. The molecular formula is C13H12BrN3O2. The summed E-state index contributed by atoms with van der Waals surface area (Å²) in [5, 5.41) is 13.8. The van der Waals surface area contributed by atoms with Crippen molar-refractivity contribution >= 4 is 38.7 Å². The number of nitrogens with zero attached hydrogens (tertiary/aromatic N) is 1. The van der Waals surface area contributed by atoms with Gasteiger partial charge in [-0.1, -0.05) is 22.0 Å². The van der Waals surface area contributed by atoms with Crippen LogP contribution in [0.2, 0.25) is 0 Å². The van der Waals surface area contributed by atoms with E-state index in [1.165, 1.54) is 12.1 Å². The van der Waals surface area contributed by atoms with E-state index in [2.05, 4.69) is 21.2 Å². The molecule has 0 saturated carbocycles. The lowest BCUT2D eigenvalue weighted by molar-refractivity contribution is -0.384. The van der Waals surface area contributed by atoms with E-state index in [1.807, 2.05) is 25.1 Å². The third kappa shape index (κ3) is 3.03. The van der Waals surface area contributed by atoms with Gasteiger partial charge in [0.05, 0.1) is 16.3 Å². The van der Waals surface area contributed by atoms with Crippen LogP contribution in [0.1, 0.15) is 5.56 Å². The fourth-order valence-corrected chi connectivity index (χ4v) is 2.01. The smallest absolute Gasteiger partial charge is 0.271 e. The summed E-state index contributed by atoms with van der Waals surface area (Å²) in [5.74, 6) is 0. The molecule has 0 aliphatic carbocycles. The Morgan fingerprint density at radius 3 is 2.58 bits per heavy atom. The molecule has 2 rings (SSSR count). The van der Waals surface area contributed by atoms with Crippen molar-refractivity contribution in [2.24, 2.45) is 0 Å². The summed E-state index contributed by atoms with van der Waals surface area (Å²) in [6, 6.07) is 10.2. The number of nitro benzene ring substituents is 1. The number of hydrogen-bond donors (Lipinski definition) is 2. The molecular weight excluding hydrogens is 310 g/mol. The van der Waals surface area contributed by atoms with Crippen LogP contribution in [0.4, 0.5) is 22.7 Å².